The van der Waals surface area contributed by atoms with Crippen LogP contribution in [0.3, 0.4) is 0 Å². The molecule has 0 bridgehead atoms. The molecule has 0 saturated heterocycles. The van der Waals surface area contributed by atoms with Gasteiger partial charge in [0.25, 0.3) is 0 Å². The summed E-state index contributed by atoms with van der Waals surface area (Å²) in [6.45, 7) is 2.80. The lowest BCUT2D eigenvalue weighted by molar-refractivity contribution is 0.317. The third-order valence-corrected chi connectivity index (χ3v) is 3.62. The molecule has 24 heavy (non-hydrogen) atoms. The molecule has 5 nitrogen and oxygen atoms in total. The van der Waals surface area contributed by atoms with Crippen LogP contribution in [0.2, 0.25) is 0 Å². The van der Waals surface area contributed by atoms with Crippen molar-refractivity contribution < 1.29 is 4.74 Å². The molecule has 0 spiro atoms. The molecule has 0 aliphatic heterocycles. The molecule has 0 aliphatic rings. The van der Waals surface area contributed by atoms with Crippen LogP contribution in [0.5, 0.6) is 5.75 Å². The van der Waals surface area contributed by atoms with E-state index < -0.39 is 0 Å². The number of nitrogens with one attached hydrogen (secondary N) is 1. The van der Waals surface area contributed by atoms with Gasteiger partial charge in [0, 0.05) is 5.56 Å². The highest BCUT2D eigenvalue weighted by Gasteiger charge is 2.06. The Morgan fingerprint density at radius 3 is 2.62 bits per heavy atom. The first-order valence-corrected chi connectivity index (χ1v) is 8.19. The molecule has 1 aromatic heterocycles. The third-order valence-electron chi connectivity index (χ3n) is 3.36. The molecular weight excluding hydrogens is 320 g/mol. The van der Waals surface area contributed by atoms with Gasteiger partial charge in [-0.3, -0.25) is 0 Å². The molecule has 0 fully saturated rings. The maximum absolute atomic E-state index is 5.58. The second-order valence-electron chi connectivity index (χ2n) is 5.19. The van der Waals surface area contributed by atoms with Crippen molar-refractivity contribution in [2.75, 3.05) is 6.61 Å². The van der Waals surface area contributed by atoms with Crippen LogP contribution in [0.15, 0.2) is 59.7 Å². The van der Waals surface area contributed by atoms with Gasteiger partial charge in [-0.25, -0.2) is 5.10 Å². The molecule has 3 aromatic rings. The van der Waals surface area contributed by atoms with Gasteiger partial charge < -0.3 is 4.74 Å². The van der Waals surface area contributed by atoms with E-state index in [1.807, 2.05) is 54.6 Å². The van der Waals surface area contributed by atoms with Crippen molar-refractivity contribution in [3.05, 3.63) is 64.9 Å². The van der Waals surface area contributed by atoms with E-state index in [4.69, 9.17) is 17.0 Å². The molecule has 0 radical (unpaired) electrons. The summed E-state index contributed by atoms with van der Waals surface area (Å²) in [5.41, 5.74) is 1.91. The molecule has 2 aromatic carbocycles. The number of nitrogens with zero attached hydrogens (tertiary/aromatic N) is 3. The standard InChI is InChI=1S/C18H18N4OS/c1-2-12-23-16-10-8-14(9-11-16)13-19-22-17(20-21-18(22)24)15-6-4-3-5-7-15/h3-11,13H,2,12H2,1H3,(H,21,24). The normalized spacial score (nSPS) is 11.0. The van der Waals surface area contributed by atoms with Gasteiger partial charge in [0.15, 0.2) is 5.82 Å². The largest absolute Gasteiger partial charge is 0.494 e. The predicted octanol–water partition coefficient (Wildman–Crippen LogP) is 4.28. The lowest BCUT2D eigenvalue weighted by atomic mass is 10.2. The van der Waals surface area contributed by atoms with Crippen molar-refractivity contribution in [2.24, 2.45) is 5.10 Å². The molecule has 0 atom stereocenters. The van der Waals surface area contributed by atoms with Gasteiger partial charge in [-0.2, -0.15) is 14.9 Å². The Morgan fingerprint density at radius 2 is 1.92 bits per heavy atom. The average molecular weight is 338 g/mol. The van der Waals surface area contributed by atoms with Crippen molar-refractivity contribution in [3.63, 3.8) is 0 Å². The van der Waals surface area contributed by atoms with E-state index in [1.165, 1.54) is 0 Å². The molecule has 1 N–H and O–H groups in total. The number of hydrogen-bond donors (Lipinski definition) is 1. The second kappa shape index (κ2) is 7.70. The minimum Gasteiger partial charge on any atom is -0.494 e. The summed E-state index contributed by atoms with van der Waals surface area (Å²) in [5.74, 6) is 1.54. The van der Waals surface area contributed by atoms with Crippen LogP contribution in [0.4, 0.5) is 0 Å². The van der Waals surface area contributed by atoms with Gasteiger partial charge in [-0.15, -0.1) is 0 Å². The molecule has 6 heteroatoms. The average Bonchev–Trinajstić information content (AvgIpc) is 3.00. The quantitative estimate of drug-likeness (QED) is 0.539. The number of aromatic amines is 1. The smallest absolute Gasteiger partial charge is 0.216 e. The van der Waals surface area contributed by atoms with Gasteiger partial charge in [0.05, 0.1) is 12.8 Å². The zero-order valence-electron chi connectivity index (χ0n) is 13.3. The molecule has 3 rings (SSSR count). The fourth-order valence-corrected chi connectivity index (χ4v) is 2.35. The third kappa shape index (κ3) is 3.78. The summed E-state index contributed by atoms with van der Waals surface area (Å²) >= 11 is 5.27. The van der Waals surface area contributed by atoms with Gasteiger partial charge in [-0.05, 0) is 48.5 Å². The molecule has 0 unspecified atom stereocenters. The van der Waals surface area contributed by atoms with Crippen molar-refractivity contribution in [3.8, 4) is 17.1 Å². The van der Waals surface area contributed by atoms with Gasteiger partial charge in [0.1, 0.15) is 5.75 Å². The molecule has 0 saturated carbocycles. The van der Waals surface area contributed by atoms with E-state index in [0.29, 0.717) is 10.6 Å². The first-order chi connectivity index (χ1) is 11.8. The van der Waals surface area contributed by atoms with Crippen LogP contribution in [0.25, 0.3) is 11.4 Å². The number of rotatable bonds is 6. The van der Waals surface area contributed by atoms with E-state index in [-0.39, 0.29) is 0 Å². The summed E-state index contributed by atoms with van der Waals surface area (Å²) in [6.07, 6.45) is 2.74. The number of benzene rings is 2. The van der Waals surface area contributed by atoms with Crippen molar-refractivity contribution >= 4 is 18.4 Å². The summed E-state index contributed by atoms with van der Waals surface area (Å²) < 4.78 is 7.64. The summed E-state index contributed by atoms with van der Waals surface area (Å²) in [5, 5.41) is 11.5. The highest BCUT2D eigenvalue weighted by Crippen LogP contribution is 2.16. The zero-order chi connectivity index (χ0) is 16.8. The van der Waals surface area contributed by atoms with Crippen molar-refractivity contribution in [1.29, 1.82) is 0 Å². The highest BCUT2D eigenvalue weighted by molar-refractivity contribution is 7.71. The first-order valence-electron chi connectivity index (χ1n) is 7.78. The van der Waals surface area contributed by atoms with Gasteiger partial charge >= 0.3 is 0 Å². The predicted molar refractivity (Wildman–Crippen MR) is 98.1 cm³/mol. The SMILES string of the molecule is CCCOc1ccc(C=Nn2c(-c3ccccc3)n[nH]c2=S)cc1. The highest BCUT2D eigenvalue weighted by atomic mass is 32.1. The Hall–Kier alpha value is -2.73. The molecule has 0 amide bonds. The summed E-state index contributed by atoms with van der Waals surface area (Å²) in [6, 6.07) is 17.6. The Morgan fingerprint density at radius 1 is 1.17 bits per heavy atom. The number of ether oxygens (including phenoxy) is 1. The molecular formula is C18H18N4OS. The first kappa shape index (κ1) is 16.1. The monoisotopic (exact) mass is 338 g/mol. The maximum atomic E-state index is 5.58. The van der Waals surface area contributed by atoms with Crippen molar-refractivity contribution in [1.82, 2.24) is 14.9 Å². The molecule has 1 heterocycles. The van der Waals surface area contributed by atoms with Crippen LogP contribution >= 0.6 is 12.2 Å². The maximum Gasteiger partial charge on any atom is 0.216 e. The Labute approximate surface area is 145 Å². The van der Waals surface area contributed by atoms with Crippen LogP contribution in [-0.2, 0) is 0 Å². The van der Waals surface area contributed by atoms with Gasteiger partial charge in [-0.1, -0.05) is 37.3 Å². The minimum atomic E-state index is 0.452. The van der Waals surface area contributed by atoms with E-state index >= 15 is 0 Å². The Balaban J connectivity index is 1.82. The van der Waals surface area contributed by atoms with E-state index in [9.17, 15) is 0 Å². The van der Waals surface area contributed by atoms with E-state index in [2.05, 4.69) is 22.2 Å². The summed E-state index contributed by atoms with van der Waals surface area (Å²) in [4.78, 5) is 0. The molecule has 0 aliphatic carbocycles. The van der Waals surface area contributed by atoms with E-state index in [1.54, 1.807) is 10.9 Å². The number of H-pyrrole nitrogens is 1. The minimum absolute atomic E-state index is 0.452. The summed E-state index contributed by atoms with van der Waals surface area (Å²) in [7, 11) is 0. The van der Waals surface area contributed by atoms with Crippen LogP contribution < -0.4 is 4.74 Å². The fraction of sp³-hybridized carbons (Fsp3) is 0.167. The topological polar surface area (TPSA) is 55.2 Å². The van der Waals surface area contributed by atoms with Gasteiger partial charge in [0.2, 0.25) is 4.77 Å². The number of aromatic nitrogens is 3. The number of hydrogen-bond acceptors (Lipinski definition) is 4. The lowest BCUT2D eigenvalue weighted by Gasteiger charge is -2.04. The van der Waals surface area contributed by atoms with Crippen LogP contribution in [0.1, 0.15) is 18.9 Å². The second-order valence-corrected chi connectivity index (χ2v) is 5.58. The fourth-order valence-electron chi connectivity index (χ4n) is 2.17. The zero-order valence-corrected chi connectivity index (χ0v) is 14.2. The van der Waals surface area contributed by atoms with Crippen LogP contribution in [-0.4, -0.2) is 27.7 Å². The Kier molecular flexibility index (Phi) is 5.18. The molecule has 122 valence electrons. The van der Waals surface area contributed by atoms with Crippen LogP contribution in [0, 0.1) is 4.77 Å². The Bertz CT molecular complexity index is 866. The van der Waals surface area contributed by atoms with Crippen molar-refractivity contribution in [2.45, 2.75) is 13.3 Å². The van der Waals surface area contributed by atoms with E-state index in [0.717, 1.165) is 29.9 Å². The lowest BCUT2D eigenvalue weighted by Crippen LogP contribution is -1.96.